The summed E-state index contributed by atoms with van der Waals surface area (Å²) < 4.78 is 1.18. The molecule has 1 atom stereocenters. The zero-order valence-electron chi connectivity index (χ0n) is 16.9. The molecule has 0 saturated carbocycles. The van der Waals surface area contributed by atoms with Crippen LogP contribution in [0.2, 0.25) is 0 Å². The lowest BCUT2D eigenvalue weighted by Crippen LogP contribution is -2.17. The van der Waals surface area contributed by atoms with Crippen molar-refractivity contribution in [1.82, 2.24) is 4.57 Å². The fraction of sp³-hybridized carbons (Fsp3) is 0. The van der Waals surface area contributed by atoms with Crippen molar-refractivity contribution in [2.24, 2.45) is 0 Å². The lowest BCUT2D eigenvalue weighted by Gasteiger charge is -2.14. The van der Waals surface area contributed by atoms with E-state index >= 15 is 0 Å². The van der Waals surface area contributed by atoms with E-state index in [0.29, 0.717) is 22.4 Å². The maximum atomic E-state index is 13.0. The van der Waals surface area contributed by atoms with Gasteiger partial charge >= 0.3 is 0 Å². The zero-order valence-corrected chi connectivity index (χ0v) is 20.2. The highest BCUT2D eigenvalue weighted by atomic mass is 127. The van der Waals surface area contributed by atoms with Gasteiger partial charge < -0.3 is 20.8 Å². The summed E-state index contributed by atoms with van der Waals surface area (Å²) in [7, 11) is 2.57. The molecule has 160 valence electrons. The molecule has 0 saturated heterocycles. The van der Waals surface area contributed by atoms with Gasteiger partial charge in [-0.3, -0.25) is 9.36 Å². The lowest BCUT2D eigenvalue weighted by atomic mass is 9.97. The van der Waals surface area contributed by atoms with E-state index in [1.807, 2.05) is 54.6 Å². The number of hydrogen-bond donors (Lipinski definition) is 4. The van der Waals surface area contributed by atoms with E-state index in [-0.39, 0.29) is 22.0 Å². The Morgan fingerprint density at radius 2 is 1.47 bits per heavy atom. The van der Waals surface area contributed by atoms with E-state index in [1.54, 1.807) is 24.3 Å². The second kappa shape index (κ2) is 9.67. The largest absolute Gasteiger partial charge is 0.494 e. The summed E-state index contributed by atoms with van der Waals surface area (Å²) in [6.07, 6.45) is 0. The van der Waals surface area contributed by atoms with Crippen LogP contribution in [0.5, 0.6) is 11.8 Å². The molecule has 32 heavy (non-hydrogen) atoms. The Kier molecular flexibility index (Phi) is 6.72. The summed E-state index contributed by atoms with van der Waals surface area (Å²) in [6, 6.07) is 25.5. The molecular weight excluding hydrogens is 535 g/mol. The van der Waals surface area contributed by atoms with Crippen molar-refractivity contribution in [3.63, 3.8) is 0 Å². The second-order valence-electron chi connectivity index (χ2n) is 7.06. The highest BCUT2D eigenvalue weighted by molar-refractivity contribution is 14.1. The molecule has 1 heterocycles. The predicted octanol–water partition coefficient (Wildman–Crippen LogP) is 4.89. The number of amides is 1. The fourth-order valence-electron chi connectivity index (χ4n) is 3.33. The van der Waals surface area contributed by atoms with Gasteiger partial charge in [0.1, 0.15) is 0 Å². The van der Waals surface area contributed by atoms with Crippen LogP contribution < -0.4 is 16.1 Å². The van der Waals surface area contributed by atoms with E-state index in [0.717, 1.165) is 11.4 Å². The van der Waals surface area contributed by atoms with Crippen molar-refractivity contribution in [1.29, 1.82) is 0 Å². The van der Waals surface area contributed by atoms with E-state index in [2.05, 4.69) is 42.1 Å². The first-order valence-corrected chi connectivity index (χ1v) is 11.7. The van der Waals surface area contributed by atoms with Crippen LogP contribution >= 0.6 is 31.5 Å². The lowest BCUT2D eigenvalue weighted by molar-refractivity contribution is 0.102. The number of rotatable bonds is 6. The molecule has 4 aromatic rings. The number of hydrogen-bond acceptors (Lipinski definition) is 4. The van der Waals surface area contributed by atoms with Gasteiger partial charge in [0, 0.05) is 22.5 Å². The van der Waals surface area contributed by atoms with Crippen LogP contribution in [0.3, 0.4) is 0 Å². The van der Waals surface area contributed by atoms with Crippen molar-refractivity contribution in [2.45, 2.75) is 0 Å². The number of carbonyl (C=O) groups is 1. The summed E-state index contributed by atoms with van der Waals surface area (Å²) in [5, 5.41) is 27.2. The SMILES string of the molecule is O=C(Nc1ccc(Nc2ccccc2)cc1)c1ccccc1-n1c(O)cc(B(P)I)c1O. The summed E-state index contributed by atoms with van der Waals surface area (Å²) in [6.45, 7) is 0. The predicted molar refractivity (Wildman–Crippen MR) is 142 cm³/mol. The number of benzene rings is 3. The Morgan fingerprint density at radius 1 is 0.875 bits per heavy atom. The standard InChI is InChI=1S/C23H20BIN3O3P/c25-24(32)19-14-21(29)28(23(19)31)20-9-5-4-8-18(20)22(30)27-17-12-10-16(11-13-17)26-15-6-2-1-3-7-15/h1-14,26,29,31H,32H2,(H,27,30). The zero-order chi connectivity index (χ0) is 22.7. The van der Waals surface area contributed by atoms with Crippen LogP contribution in [-0.4, -0.2) is 25.0 Å². The molecule has 0 aliphatic rings. The first-order chi connectivity index (χ1) is 15.4. The Balaban J connectivity index is 1.57. The molecule has 0 bridgehead atoms. The van der Waals surface area contributed by atoms with Crippen molar-refractivity contribution in [2.75, 3.05) is 10.6 Å². The van der Waals surface area contributed by atoms with Gasteiger partial charge in [0.2, 0.25) is 0 Å². The van der Waals surface area contributed by atoms with Crippen LogP contribution in [0.15, 0.2) is 84.9 Å². The monoisotopic (exact) mass is 555 g/mol. The van der Waals surface area contributed by atoms with Gasteiger partial charge in [-0.05, 0) is 54.6 Å². The van der Waals surface area contributed by atoms with Gasteiger partial charge in [0.05, 0.1) is 11.3 Å². The molecule has 6 nitrogen and oxygen atoms in total. The van der Waals surface area contributed by atoms with Crippen LogP contribution in [0.1, 0.15) is 10.4 Å². The number of para-hydroxylation sites is 2. The minimum atomic E-state index is -0.352. The minimum Gasteiger partial charge on any atom is -0.494 e. The van der Waals surface area contributed by atoms with Gasteiger partial charge in [-0.1, -0.05) is 30.3 Å². The van der Waals surface area contributed by atoms with Crippen LogP contribution in [0, 0.1) is 0 Å². The summed E-state index contributed by atoms with van der Waals surface area (Å²) in [5.41, 5.74) is 3.77. The number of halogens is 1. The third-order valence-corrected chi connectivity index (χ3v) is 5.91. The molecule has 0 radical (unpaired) electrons. The van der Waals surface area contributed by atoms with Crippen LogP contribution in [-0.2, 0) is 0 Å². The van der Waals surface area contributed by atoms with Crippen LogP contribution in [0.25, 0.3) is 5.69 Å². The molecule has 1 amide bonds. The summed E-state index contributed by atoms with van der Waals surface area (Å²) in [4.78, 5) is 13.0. The molecular formula is C23H20BIN3O3P. The molecule has 0 aliphatic heterocycles. The molecule has 1 unspecified atom stereocenters. The van der Waals surface area contributed by atoms with E-state index < -0.39 is 0 Å². The number of aromatic hydroxyl groups is 2. The molecule has 1 aromatic heterocycles. The highest BCUT2D eigenvalue weighted by Gasteiger charge is 2.23. The highest BCUT2D eigenvalue weighted by Crippen LogP contribution is 2.30. The quantitative estimate of drug-likeness (QED) is 0.155. The van der Waals surface area contributed by atoms with Crippen molar-refractivity contribution < 1.29 is 15.0 Å². The normalized spacial score (nSPS) is 10.6. The molecule has 0 fully saturated rings. The van der Waals surface area contributed by atoms with E-state index in [4.69, 9.17) is 0 Å². The maximum absolute atomic E-state index is 13.0. The van der Waals surface area contributed by atoms with Gasteiger partial charge in [-0.15, -0.1) is 22.4 Å². The van der Waals surface area contributed by atoms with E-state index in [1.165, 1.54) is 10.6 Å². The Labute approximate surface area is 201 Å². The van der Waals surface area contributed by atoms with Gasteiger partial charge in [-0.25, -0.2) is 0 Å². The van der Waals surface area contributed by atoms with Crippen molar-refractivity contribution in [3.8, 4) is 17.4 Å². The van der Waals surface area contributed by atoms with Crippen LogP contribution in [0.4, 0.5) is 17.1 Å². The second-order valence-corrected chi connectivity index (χ2v) is 10.4. The molecule has 4 rings (SSSR count). The summed E-state index contributed by atoms with van der Waals surface area (Å²) in [5.74, 6) is -0.595. The van der Waals surface area contributed by atoms with Crippen molar-refractivity contribution in [3.05, 3.63) is 90.5 Å². The van der Waals surface area contributed by atoms with Gasteiger partial charge in [-0.2, -0.15) is 9.12 Å². The minimum absolute atomic E-state index is 0.0938. The average molecular weight is 555 g/mol. The first-order valence-electron chi connectivity index (χ1n) is 9.80. The molecule has 0 aliphatic carbocycles. The fourth-order valence-corrected chi connectivity index (χ4v) is 4.03. The summed E-state index contributed by atoms with van der Waals surface area (Å²) >= 11 is 2.12. The smallest absolute Gasteiger partial charge is 0.278 e. The Bertz CT molecular complexity index is 1250. The molecule has 4 N–H and O–H groups in total. The third kappa shape index (κ3) is 4.76. The van der Waals surface area contributed by atoms with Gasteiger partial charge in [0.25, 0.3) is 10.2 Å². The number of anilines is 3. The third-order valence-electron chi connectivity index (χ3n) is 4.88. The molecule has 9 heteroatoms. The number of aromatic nitrogens is 1. The molecule has 3 aromatic carbocycles. The van der Waals surface area contributed by atoms with Gasteiger partial charge in [0.15, 0.2) is 11.8 Å². The number of carbonyl (C=O) groups excluding carboxylic acids is 1. The Morgan fingerprint density at radius 3 is 2.12 bits per heavy atom. The topological polar surface area (TPSA) is 86.5 Å². The maximum Gasteiger partial charge on any atom is 0.278 e. The molecule has 0 spiro atoms. The number of nitrogens with one attached hydrogen (secondary N) is 2. The Hall–Kier alpha value is -2.97. The van der Waals surface area contributed by atoms with E-state index in [9.17, 15) is 15.0 Å². The average Bonchev–Trinajstić information content (AvgIpc) is 3.10. The van der Waals surface area contributed by atoms with Crippen molar-refractivity contribution >= 4 is 64.2 Å². The first kappa shape index (κ1) is 22.2. The number of nitrogens with zero attached hydrogens (tertiary/aromatic N) is 1.